The van der Waals surface area contributed by atoms with Gasteiger partial charge in [-0.05, 0) is 48.0 Å². The molecular weight excluding hydrogens is 243 g/mol. The van der Waals surface area contributed by atoms with Gasteiger partial charge < -0.3 is 9.47 Å². The third kappa shape index (κ3) is 3.35. The molecule has 0 aromatic heterocycles. The molecule has 2 rings (SSSR count). The van der Waals surface area contributed by atoms with Crippen molar-refractivity contribution in [2.45, 2.75) is 0 Å². The van der Waals surface area contributed by atoms with Gasteiger partial charge in [-0.3, -0.25) is 0 Å². The Morgan fingerprint density at radius 3 is 1.79 bits per heavy atom. The van der Waals surface area contributed by atoms with Gasteiger partial charge in [0.25, 0.3) is 0 Å². The fourth-order valence-corrected chi connectivity index (χ4v) is 1.68. The zero-order valence-corrected chi connectivity index (χ0v) is 10.9. The molecule has 0 radical (unpaired) electrons. The van der Waals surface area contributed by atoms with Crippen molar-refractivity contribution in [3.8, 4) is 11.5 Å². The van der Waals surface area contributed by atoms with Crippen molar-refractivity contribution in [1.29, 1.82) is 0 Å². The van der Waals surface area contributed by atoms with Crippen LogP contribution in [0.1, 0.15) is 11.1 Å². The minimum atomic E-state index is -0.284. The molecule has 19 heavy (non-hydrogen) atoms. The van der Waals surface area contributed by atoms with Crippen LogP contribution in [-0.4, -0.2) is 14.2 Å². The third-order valence-electron chi connectivity index (χ3n) is 2.77. The normalized spacial score (nSPS) is 11.2. The van der Waals surface area contributed by atoms with Crippen LogP contribution in [0.15, 0.2) is 48.5 Å². The van der Waals surface area contributed by atoms with E-state index in [0.29, 0.717) is 11.3 Å². The molecule has 2 aromatic rings. The van der Waals surface area contributed by atoms with Crippen molar-refractivity contribution in [3.63, 3.8) is 0 Å². The number of benzene rings is 2. The molecule has 0 saturated heterocycles. The highest BCUT2D eigenvalue weighted by molar-refractivity contribution is 5.77. The van der Waals surface area contributed by atoms with Crippen molar-refractivity contribution in [2.24, 2.45) is 0 Å². The largest absolute Gasteiger partial charge is 0.497 e. The highest BCUT2D eigenvalue weighted by Gasteiger charge is 2.01. The van der Waals surface area contributed by atoms with Gasteiger partial charge in [-0.15, -0.1) is 0 Å². The molecule has 0 aliphatic carbocycles. The van der Waals surface area contributed by atoms with Crippen LogP contribution < -0.4 is 9.47 Å². The Balaban J connectivity index is 2.20. The van der Waals surface area contributed by atoms with Crippen LogP contribution in [0.3, 0.4) is 0 Å². The van der Waals surface area contributed by atoms with E-state index in [-0.39, 0.29) is 5.83 Å². The average molecular weight is 258 g/mol. The summed E-state index contributed by atoms with van der Waals surface area (Å²) in [6.07, 6.45) is 1.49. The molecule has 3 heteroatoms. The lowest BCUT2D eigenvalue weighted by atomic mass is 10.1. The van der Waals surface area contributed by atoms with Crippen LogP contribution in [0, 0.1) is 0 Å². The molecule has 0 atom stereocenters. The van der Waals surface area contributed by atoms with E-state index in [0.717, 1.165) is 11.3 Å². The van der Waals surface area contributed by atoms with Crippen molar-refractivity contribution in [2.75, 3.05) is 14.2 Å². The number of hydrogen-bond donors (Lipinski definition) is 0. The molecule has 0 aliphatic rings. The molecule has 2 aromatic carbocycles. The minimum Gasteiger partial charge on any atom is -0.497 e. The van der Waals surface area contributed by atoms with Gasteiger partial charge in [0.05, 0.1) is 14.2 Å². The van der Waals surface area contributed by atoms with Crippen molar-refractivity contribution in [1.82, 2.24) is 0 Å². The van der Waals surface area contributed by atoms with Gasteiger partial charge in [0.1, 0.15) is 17.3 Å². The van der Waals surface area contributed by atoms with E-state index >= 15 is 0 Å². The Bertz CT molecular complexity index is 556. The molecule has 0 amide bonds. The highest BCUT2D eigenvalue weighted by atomic mass is 19.1. The van der Waals surface area contributed by atoms with Gasteiger partial charge in [-0.25, -0.2) is 4.39 Å². The summed E-state index contributed by atoms with van der Waals surface area (Å²) in [5.41, 5.74) is 1.31. The summed E-state index contributed by atoms with van der Waals surface area (Å²) >= 11 is 0. The molecule has 0 fully saturated rings. The number of hydrogen-bond acceptors (Lipinski definition) is 2. The van der Waals surface area contributed by atoms with E-state index in [9.17, 15) is 4.39 Å². The van der Waals surface area contributed by atoms with Crippen LogP contribution in [0.25, 0.3) is 11.9 Å². The summed E-state index contributed by atoms with van der Waals surface area (Å²) in [4.78, 5) is 0. The van der Waals surface area contributed by atoms with E-state index in [1.54, 1.807) is 50.6 Å². The molecule has 98 valence electrons. The van der Waals surface area contributed by atoms with Crippen LogP contribution in [0.5, 0.6) is 11.5 Å². The average Bonchev–Trinajstić information content (AvgIpc) is 2.48. The topological polar surface area (TPSA) is 18.5 Å². The van der Waals surface area contributed by atoms with E-state index in [2.05, 4.69) is 0 Å². The summed E-state index contributed by atoms with van der Waals surface area (Å²) in [6.45, 7) is 0. The van der Waals surface area contributed by atoms with Gasteiger partial charge in [0, 0.05) is 5.56 Å². The predicted octanol–water partition coefficient (Wildman–Crippen LogP) is 4.17. The molecule has 0 bridgehead atoms. The Kier molecular flexibility index (Phi) is 4.18. The summed E-state index contributed by atoms with van der Waals surface area (Å²) in [5.74, 6) is 1.18. The monoisotopic (exact) mass is 258 g/mol. The molecule has 0 spiro atoms. The molecule has 0 unspecified atom stereocenters. The fourth-order valence-electron chi connectivity index (χ4n) is 1.68. The van der Waals surface area contributed by atoms with Crippen LogP contribution in [-0.2, 0) is 0 Å². The molecule has 0 aliphatic heterocycles. The SMILES string of the molecule is COc1ccc(/C=C(/F)c2ccc(OC)cc2)cc1. The van der Waals surface area contributed by atoms with Gasteiger partial charge in [0.2, 0.25) is 0 Å². The fraction of sp³-hybridized carbons (Fsp3) is 0.125. The Morgan fingerprint density at radius 1 is 0.842 bits per heavy atom. The standard InChI is InChI=1S/C16H15FO2/c1-18-14-7-3-12(4-8-14)11-16(17)13-5-9-15(19-2)10-6-13/h3-11H,1-2H3/b16-11+. The second-order valence-electron chi connectivity index (χ2n) is 3.99. The van der Waals surface area contributed by atoms with Crippen LogP contribution in [0.2, 0.25) is 0 Å². The lowest BCUT2D eigenvalue weighted by Gasteiger charge is -2.02. The summed E-state index contributed by atoms with van der Waals surface area (Å²) in [7, 11) is 3.18. The molecular formula is C16H15FO2. The maximum atomic E-state index is 14.0. The van der Waals surface area contributed by atoms with Crippen molar-refractivity contribution in [3.05, 3.63) is 59.7 Å². The quantitative estimate of drug-likeness (QED) is 0.766. The van der Waals surface area contributed by atoms with Gasteiger partial charge >= 0.3 is 0 Å². The Hall–Kier alpha value is -2.29. The van der Waals surface area contributed by atoms with E-state index in [4.69, 9.17) is 9.47 Å². The summed E-state index contributed by atoms with van der Waals surface area (Å²) < 4.78 is 24.1. The van der Waals surface area contributed by atoms with E-state index in [1.165, 1.54) is 6.08 Å². The Morgan fingerprint density at radius 2 is 1.32 bits per heavy atom. The molecule has 0 saturated carbocycles. The predicted molar refractivity (Wildman–Crippen MR) is 75.0 cm³/mol. The zero-order valence-electron chi connectivity index (χ0n) is 10.9. The second-order valence-corrected chi connectivity index (χ2v) is 3.99. The highest BCUT2D eigenvalue weighted by Crippen LogP contribution is 2.23. The van der Waals surface area contributed by atoms with Crippen molar-refractivity contribution >= 4 is 11.9 Å². The maximum Gasteiger partial charge on any atom is 0.131 e. The minimum absolute atomic E-state index is 0.284. The van der Waals surface area contributed by atoms with Crippen molar-refractivity contribution < 1.29 is 13.9 Å². The molecule has 0 N–H and O–H groups in total. The summed E-state index contributed by atoms with van der Waals surface area (Å²) in [5, 5.41) is 0. The first-order chi connectivity index (χ1) is 9.22. The third-order valence-corrected chi connectivity index (χ3v) is 2.77. The molecule has 2 nitrogen and oxygen atoms in total. The van der Waals surface area contributed by atoms with Crippen LogP contribution >= 0.6 is 0 Å². The maximum absolute atomic E-state index is 14.0. The number of halogens is 1. The van der Waals surface area contributed by atoms with Gasteiger partial charge in [0.15, 0.2) is 0 Å². The van der Waals surface area contributed by atoms with Crippen LogP contribution in [0.4, 0.5) is 4.39 Å². The smallest absolute Gasteiger partial charge is 0.131 e. The first kappa shape index (κ1) is 13.1. The summed E-state index contributed by atoms with van der Waals surface area (Å²) in [6, 6.07) is 14.1. The van der Waals surface area contributed by atoms with E-state index in [1.807, 2.05) is 12.1 Å². The first-order valence-corrected chi connectivity index (χ1v) is 5.88. The van der Waals surface area contributed by atoms with E-state index < -0.39 is 0 Å². The lowest BCUT2D eigenvalue weighted by Crippen LogP contribution is -1.84. The van der Waals surface area contributed by atoms with Gasteiger partial charge in [-0.1, -0.05) is 12.1 Å². The second kappa shape index (κ2) is 6.05. The first-order valence-electron chi connectivity index (χ1n) is 5.88. The van der Waals surface area contributed by atoms with Gasteiger partial charge in [-0.2, -0.15) is 0 Å². The number of ether oxygens (including phenoxy) is 2. The number of methoxy groups -OCH3 is 2. The molecule has 0 heterocycles. The Labute approximate surface area is 112 Å². The number of rotatable bonds is 4. The zero-order chi connectivity index (χ0) is 13.7. The lowest BCUT2D eigenvalue weighted by molar-refractivity contribution is 0.414.